The molecule has 1 heterocycles. The van der Waals surface area contributed by atoms with Crippen molar-refractivity contribution < 1.29 is 14.6 Å². The zero-order valence-electron chi connectivity index (χ0n) is 10.1. The summed E-state index contributed by atoms with van der Waals surface area (Å²) >= 11 is 0. The highest BCUT2D eigenvalue weighted by Crippen LogP contribution is 2.27. The lowest BCUT2D eigenvalue weighted by atomic mass is 9.77. The van der Waals surface area contributed by atoms with Crippen molar-refractivity contribution in [2.24, 2.45) is 5.92 Å². The van der Waals surface area contributed by atoms with Crippen LogP contribution < -0.4 is 10.6 Å². The Bertz CT molecular complexity index is 235. The van der Waals surface area contributed by atoms with Gasteiger partial charge in [0.15, 0.2) is 0 Å². The summed E-state index contributed by atoms with van der Waals surface area (Å²) in [5.74, 6) is -0.604. The second kappa shape index (κ2) is 6.18. The number of carbonyl (C=O) groups is 1. The number of rotatable bonds is 6. The van der Waals surface area contributed by atoms with E-state index in [1.54, 1.807) is 7.11 Å². The summed E-state index contributed by atoms with van der Waals surface area (Å²) in [7, 11) is 1.62. The Morgan fingerprint density at radius 2 is 2.44 bits per heavy atom. The molecule has 1 aliphatic rings. The lowest BCUT2D eigenvalue weighted by Crippen LogP contribution is -2.64. The van der Waals surface area contributed by atoms with Gasteiger partial charge < -0.3 is 15.2 Å². The number of carboxylic acids is 1. The zero-order valence-corrected chi connectivity index (χ0v) is 10.1. The van der Waals surface area contributed by atoms with Crippen molar-refractivity contribution in [1.29, 1.82) is 0 Å². The third kappa shape index (κ3) is 2.72. The molecule has 2 atom stereocenters. The van der Waals surface area contributed by atoms with Crippen LogP contribution in [-0.4, -0.2) is 50.0 Å². The van der Waals surface area contributed by atoms with Gasteiger partial charge in [0, 0.05) is 26.1 Å². The van der Waals surface area contributed by atoms with Crippen LogP contribution in [0.3, 0.4) is 0 Å². The van der Waals surface area contributed by atoms with Crippen LogP contribution in [0.1, 0.15) is 19.8 Å². The van der Waals surface area contributed by atoms with Gasteiger partial charge >= 0.3 is 5.97 Å². The van der Waals surface area contributed by atoms with Gasteiger partial charge in [-0.15, -0.1) is 0 Å². The minimum absolute atomic E-state index is 0.135. The van der Waals surface area contributed by atoms with E-state index in [1.165, 1.54) is 0 Å². The smallest absolute Gasteiger partial charge is 0.324 e. The van der Waals surface area contributed by atoms with Gasteiger partial charge in [0.1, 0.15) is 5.54 Å². The molecule has 0 amide bonds. The van der Waals surface area contributed by atoms with Crippen molar-refractivity contribution in [2.75, 3.05) is 33.4 Å². The largest absolute Gasteiger partial charge is 0.480 e. The SMILES string of the molecule is CCC1CNCCC1(NCCOC)C(=O)O. The molecule has 0 aliphatic carbocycles. The van der Waals surface area contributed by atoms with E-state index >= 15 is 0 Å². The van der Waals surface area contributed by atoms with Gasteiger partial charge in [-0.3, -0.25) is 10.1 Å². The molecular formula is C11H22N2O3. The Morgan fingerprint density at radius 1 is 1.69 bits per heavy atom. The summed E-state index contributed by atoms with van der Waals surface area (Å²) in [6.07, 6.45) is 1.49. The Morgan fingerprint density at radius 3 is 3.00 bits per heavy atom. The highest BCUT2D eigenvalue weighted by atomic mass is 16.5. The maximum atomic E-state index is 11.5. The fraction of sp³-hybridized carbons (Fsp3) is 0.909. The second-order valence-electron chi connectivity index (χ2n) is 4.26. The van der Waals surface area contributed by atoms with Gasteiger partial charge in [0.05, 0.1) is 6.61 Å². The Balaban J connectivity index is 2.71. The molecular weight excluding hydrogens is 208 g/mol. The van der Waals surface area contributed by atoms with Gasteiger partial charge in [-0.25, -0.2) is 0 Å². The van der Waals surface area contributed by atoms with Crippen LogP contribution in [0, 0.1) is 5.92 Å². The van der Waals surface area contributed by atoms with Gasteiger partial charge in [0.25, 0.3) is 0 Å². The minimum atomic E-state index is -0.779. The first-order valence-corrected chi connectivity index (χ1v) is 5.85. The number of hydrogen-bond acceptors (Lipinski definition) is 4. The molecule has 3 N–H and O–H groups in total. The van der Waals surface area contributed by atoms with E-state index in [2.05, 4.69) is 10.6 Å². The maximum Gasteiger partial charge on any atom is 0.324 e. The fourth-order valence-electron chi connectivity index (χ4n) is 2.40. The van der Waals surface area contributed by atoms with Gasteiger partial charge in [-0.05, 0) is 19.4 Å². The monoisotopic (exact) mass is 230 g/mol. The van der Waals surface area contributed by atoms with Gasteiger partial charge in [0.2, 0.25) is 0 Å². The Kier molecular flexibility index (Phi) is 5.18. The van der Waals surface area contributed by atoms with Crippen molar-refractivity contribution >= 4 is 5.97 Å². The van der Waals surface area contributed by atoms with Crippen molar-refractivity contribution in [2.45, 2.75) is 25.3 Å². The zero-order chi connectivity index (χ0) is 12.0. The van der Waals surface area contributed by atoms with Crippen molar-refractivity contribution in [1.82, 2.24) is 10.6 Å². The second-order valence-corrected chi connectivity index (χ2v) is 4.26. The number of piperidine rings is 1. The molecule has 0 aromatic rings. The van der Waals surface area contributed by atoms with Gasteiger partial charge in [-0.2, -0.15) is 0 Å². The lowest BCUT2D eigenvalue weighted by Gasteiger charge is -2.41. The average Bonchev–Trinajstić information content (AvgIpc) is 2.29. The minimum Gasteiger partial charge on any atom is -0.480 e. The Hall–Kier alpha value is -0.650. The summed E-state index contributed by atoms with van der Waals surface area (Å²) in [6, 6.07) is 0. The number of carboxylic acid groups (broad SMARTS) is 1. The van der Waals surface area contributed by atoms with Crippen molar-refractivity contribution in [3.8, 4) is 0 Å². The number of aliphatic carboxylic acids is 1. The molecule has 0 bridgehead atoms. The summed E-state index contributed by atoms with van der Waals surface area (Å²) in [5, 5.41) is 15.9. The van der Waals surface area contributed by atoms with Crippen molar-refractivity contribution in [3.05, 3.63) is 0 Å². The first-order chi connectivity index (χ1) is 7.67. The fourth-order valence-corrected chi connectivity index (χ4v) is 2.40. The van der Waals surface area contributed by atoms with E-state index in [0.717, 1.165) is 19.5 Å². The molecule has 0 aromatic carbocycles. The normalized spacial score (nSPS) is 30.2. The van der Waals surface area contributed by atoms with Crippen LogP contribution in [-0.2, 0) is 9.53 Å². The molecule has 16 heavy (non-hydrogen) atoms. The molecule has 0 spiro atoms. The summed E-state index contributed by atoms with van der Waals surface area (Å²) < 4.78 is 4.96. The average molecular weight is 230 g/mol. The molecule has 1 fully saturated rings. The summed E-state index contributed by atoms with van der Waals surface area (Å²) in [5.41, 5.74) is -0.779. The summed E-state index contributed by atoms with van der Waals surface area (Å²) in [6.45, 7) is 4.68. The first kappa shape index (κ1) is 13.4. The standard InChI is InChI=1S/C11H22N2O3/c1-3-9-8-12-5-4-11(9,10(14)15)13-6-7-16-2/h9,12-13H,3-8H2,1-2H3,(H,14,15). The molecule has 0 aromatic heterocycles. The lowest BCUT2D eigenvalue weighted by molar-refractivity contribution is -0.149. The number of methoxy groups -OCH3 is 1. The molecule has 0 radical (unpaired) electrons. The third-order valence-corrected chi connectivity index (χ3v) is 3.40. The molecule has 94 valence electrons. The van der Waals surface area contributed by atoms with E-state index in [9.17, 15) is 9.90 Å². The van der Waals surface area contributed by atoms with E-state index in [4.69, 9.17) is 4.74 Å². The topological polar surface area (TPSA) is 70.6 Å². The van der Waals surface area contributed by atoms with Crippen LogP contribution in [0.25, 0.3) is 0 Å². The summed E-state index contributed by atoms with van der Waals surface area (Å²) in [4.78, 5) is 11.5. The molecule has 2 unspecified atom stereocenters. The molecule has 1 saturated heterocycles. The highest BCUT2D eigenvalue weighted by Gasteiger charge is 2.45. The van der Waals surface area contributed by atoms with E-state index in [1.807, 2.05) is 6.92 Å². The predicted molar refractivity (Wildman–Crippen MR) is 61.5 cm³/mol. The first-order valence-electron chi connectivity index (χ1n) is 5.85. The molecule has 5 nitrogen and oxygen atoms in total. The molecule has 0 saturated carbocycles. The number of nitrogens with one attached hydrogen (secondary N) is 2. The maximum absolute atomic E-state index is 11.5. The van der Waals surface area contributed by atoms with E-state index < -0.39 is 11.5 Å². The Labute approximate surface area is 96.6 Å². The quantitative estimate of drug-likeness (QED) is 0.563. The van der Waals surface area contributed by atoms with E-state index in [0.29, 0.717) is 19.6 Å². The predicted octanol–water partition coefficient (Wildman–Crippen LogP) is 0.0653. The van der Waals surface area contributed by atoms with Crippen LogP contribution in [0.4, 0.5) is 0 Å². The molecule has 1 rings (SSSR count). The van der Waals surface area contributed by atoms with E-state index in [-0.39, 0.29) is 5.92 Å². The molecule has 1 aliphatic heterocycles. The molecule has 5 heteroatoms. The third-order valence-electron chi connectivity index (χ3n) is 3.40. The number of hydrogen-bond donors (Lipinski definition) is 3. The van der Waals surface area contributed by atoms with Crippen LogP contribution >= 0.6 is 0 Å². The van der Waals surface area contributed by atoms with Crippen LogP contribution in [0.15, 0.2) is 0 Å². The van der Waals surface area contributed by atoms with Crippen molar-refractivity contribution in [3.63, 3.8) is 0 Å². The number of ether oxygens (including phenoxy) is 1. The highest BCUT2D eigenvalue weighted by molar-refractivity contribution is 5.79. The van der Waals surface area contributed by atoms with Gasteiger partial charge in [-0.1, -0.05) is 6.92 Å². The van der Waals surface area contributed by atoms with Crippen LogP contribution in [0.5, 0.6) is 0 Å². The van der Waals surface area contributed by atoms with Crippen LogP contribution in [0.2, 0.25) is 0 Å².